The van der Waals surface area contributed by atoms with Gasteiger partial charge in [0.15, 0.2) is 0 Å². The van der Waals surface area contributed by atoms with E-state index in [2.05, 4.69) is 61.6 Å². The number of ether oxygens (including phenoxy) is 1. The molecule has 0 aliphatic rings. The summed E-state index contributed by atoms with van der Waals surface area (Å²) in [4.78, 5) is 0. The fourth-order valence-electron chi connectivity index (χ4n) is 2.30. The summed E-state index contributed by atoms with van der Waals surface area (Å²) in [6, 6.07) is 17.2. The van der Waals surface area contributed by atoms with Crippen LogP contribution < -0.4 is 10.1 Å². The summed E-state index contributed by atoms with van der Waals surface area (Å²) in [6.07, 6.45) is 2.15. The summed E-state index contributed by atoms with van der Waals surface area (Å²) in [5.74, 6) is 1.00. The van der Waals surface area contributed by atoms with Crippen molar-refractivity contribution in [1.29, 1.82) is 0 Å². The zero-order valence-corrected chi connectivity index (χ0v) is 13.2. The Morgan fingerprint density at radius 1 is 1.00 bits per heavy atom. The first kappa shape index (κ1) is 15.6. The van der Waals surface area contributed by atoms with E-state index in [1.807, 2.05) is 13.1 Å². The molecule has 0 aliphatic carbocycles. The molecule has 0 aromatic heterocycles. The molecular formula is C19H25NO. The maximum atomic E-state index is 6.05. The van der Waals surface area contributed by atoms with Crippen LogP contribution in [0.4, 0.5) is 0 Å². The molecule has 1 unspecified atom stereocenters. The molecule has 0 fully saturated rings. The molecule has 0 bridgehead atoms. The molecule has 2 nitrogen and oxygen atoms in total. The highest BCUT2D eigenvalue weighted by molar-refractivity contribution is 5.34. The van der Waals surface area contributed by atoms with Crippen molar-refractivity contribution in [3.05, 3.63) is 65.2 Å². The summed E-state index contributed by atoms with van der Waals surface area (Å²) >= 11 is 0. The van der Waals surface area contributed by atoms with Gasteiger partial charge >= 0.3 is 0 Å². The lowest BCUT2D eigenvalue weighted by atomic mass is 10.1. The van der Waals surface area contributed by atoms with Crippen LogP contribution in [0.3, 0.4) is 0 Å². The number of hydrogen-bond donors (Lipinski definition) is 1. The molecule has 2 aromatic rings. The molecule has 0 heterocycles. The van der Waals surface area contributed by atoms with Crippen molar-refractivity contribution >= 4 is 0 Å². The van der Waals surface area contributed by atoms with E-state index < -0.39 is 0 Å². The Labute approximate surface area is 128 Å². The van der Waals surface area contributed by atoms with Crippen LogP contribution in [0.15, 0.2) is 48.5 Å². The molecule has 0 radical (unpaired) electrons. The van der Waals surface area contributed by atoms with Gasteiger partial charge in [-0.05, 0) is 56.5 Å². The van der Waals surface area contributed by atoms with E-state index in [0.717, 1.165) is 18.6 Å². The highest BCUT2D eigenvalue weighted by Crippen LogP contribution is 2.22. The van der Waals surface area contributed by atoms with E-state index in [1.165, 1.54) is 16.7 Å². The standard InChI is InChI=1S/C19H25NO/c1-15-8-4-5-10-18(15)14-21-19-11-7-6-9-17(19)13-12-16(2)20-3/h4-11,16,20H,12-14H2,1-3H3. The van der Waals surface area contributed by atoms with Gasteiger partial charge in [-0.2, -0.15) is 0 Å². The molecule has 112 valence electrons. The normalized spacial score (nSPS) is 12.1. The summed E-state index contributed by atoms with van der Waals surface area (Å²) in [6.45, 7) is 4.96. The van der Waals surface area contributed by atoms with E-state index in [0.29, 0.717) is 12.6 Å². The summed E-state index contributed by atoms with van der Waals surface area (Å²) in [7, 11) is 2.01. The number of nitrogens with one attached hydrogen (secondary N) is 1. The van der Waals surface area contributed by atoms with Crippen molar-refractivity contribution in [1.82, 2.24) is 5.32 Å². The van der Waals surface area contributed by atoms with Gasteiger partial charge in [0.1, 0.15) is 12.4 Å². The molecule has 21 heavy (non-hydrogen) atoms. The lowest BCUT2D eigenvalue weighted by Crippen LogP contribution is -2.21. The van der Waals surface area contributed by atoms with Crippen LogP contribution in [0.25, 0.3) is 0 Å². The molecule has 2 rings (SSSR count). The molecule has 1 N–H and O–H groups in total. The Morgan fingerprint density at radius 3 is 2.38 bits per heavy atom. The van der Waals surface area contributed by atoms with E-state index in [9.17, 15) is 0 Å². The second-order valence-electron chi connectivity index (χ2n) is 5.55. The Hall–Kier alpha value is -1.80. The van der Waals surface area contributed by atoms with Crippen molar-refractivity contribution in [2.45, 2.75) is 39.3 Å². The van der Waals surface area contributed by atoms with Crippen LogP contribution in [-0.2, 0) is 13.0 Å². The molecule has 0 spiro atoms. The third-order valence-electron chi connectivity index (χ3n) is 3.96. The number of para-hydroxylation sites is 1. The highest BCUT2D eigenvalue weighted by Gasteiger charge is 2.06. The summed E-state index contributed by atoms with van der Waals surface area (Å²) in [5, 5.41) is 3.28. The minimum absolute atomic E-state index is 0.523. The first-order chi connectivity index (χ1) is 10.2. The maximum absolute atomic E-state index is 6.05. The molecule has 0 aliphatic heterocycles. The Balaban J connectivity index is 2.01. The molecule has 1 atom stereocenters. The van der Waals surface area contributed by atoms with Crippen LogP contribution in [-0.4, -0.2) is 13.1 Å². The zero-order chi connectivity index (χ0) is 15.1. The van der Waals surface area contributed by atoms with Crippen LogP contribution in [0.2, 0.25) is 0 Å². The van der Waals surface area contributed by atoms with Gasteiger partial charge in [0.05, 0.1) is 0 Å². The minimum Gasteiger partial charge on any atom is -0.489 e. The second kappa shape index (κ2) is 7.84. The Bertz CT molecular complexity index is 565. The van der Waals surface area contributed by atoms with Crippen molar-refractivity contribution < 1.29 is 4.74 Å². The second-order valence-corrected chi connectivity index (χ2v) is 5.55. The van der Waals surface area contributed by atoms with Gasteiger partial charge in [0, 0.05) is 6.04 Å². The van der Waals surface area contributed by atoms with Gasteiger partial charge in [-0.1, -0.05) is 42.5 Å². The number of hydrogen-bond acceptors (Lipinski definition) is 2. The number of benzene rings is 2. The predicted octanol–water partition coefficient (Wildman–Crippen LogP) is 4.11. The zero-order valence-electron chi connectivity index (χ0n) is 13.2. The van der Waals surface area contributed by atoms with Gasteiger partial charge < -0.3 is 10.1 Å². The van der Waals surface area contributed by atoms with E-state index >= 15 is 0 Å². The molecule has 0 saturated heterocycles. The van der Waals surface area contributed by atoms with E-state index in [-0.39, 0.29) is 0 Å². The van der Waals surface area contributed by atoms with Gasteiger partial charge in [-0.25, -0.2) is 0 Å². The quantitative estimate of drug-likeness (QED) is 0.825. The van der Waals surface area contributed by atoms with Gasteiger partial charge in [0.25, 0.3) is 0 Å². The molecular weight excluding hydrogens is 258 g/mol. The third-order valence-corrected chi connectivity index (χ3v) is 3.96. The first-order valence-electron chi connectivity index (χ1n) is 7.63. The van der Waals surface area contributed by atoms with Gasteiger partial charge in [0.2, 0.25) is 0 Å². The maximum Gasteiger partial charge on any atom is 0.122 e. The van der Waals surface area contributed by atoms with Gasteiger partial charge in [-0.3, -0.25) is 0 Å². The minimum atomic E-state index is 0.523. The van der Waals surface area contributed by atoms with E-state index in [1.54, 1.807) is 0 Å². The van der Waals surface area contributed by atoms with E-state index in [4.69, 9.17) is 4.74 Å². The average molecular weight is 283 g/mol. The SMILES string of the molecule is CNC(C)CCc1ccccc1OCc1ccccc1C. The van der Waals surface area contributed by atoms with Crippen LogP contribution >= 0.6 is 0 Å². The molecule has 2 aromatic carbocycles. The largest absolute Gasteiger partial charge is 0.489 e. The number of aryl methyl sites for hydroxylation is 2. The smallest absolute Gasteiger partial charge is 0.122 e. The highest BCUT2D eigenvalue weighted by atomic mass is 16.5. The fourth-order valence-corrected chi connectivity index (χ4v) is 2.30. The first-order valence-corrected chi connectivity index (χ1v) is 7.63. The van der Waals surface area contributed by atoms with Crippen molar-refractivity contribution in [3.8, 4) is 5.75 Å². The van der Waals surface area contributed by atoms with Crippen LogP contribution in [0.1, 0.15) is 30.0 Å². The Morgan fingerprint density at radius 2 is 1.67 bits per heavy atom. The monoisotopic (exact) mass is 283 g/mol. The topological polar surface area (TPSA) is 21.3 Å². The van der Waals surface area contributed by atoms with Crippen molar-refractivity contribution in [2.24, 2.45) is 0 Å². The third kappa shape index (κ3) is 4.61. The van der Waals surface area contributed by atoms with Crippen LogP contribution in [0, 0.1) is 6.92 Å². The summed E-state index contributed by atoms with van der Waals surface area (Å²) < 4.78 is 6.05. The summed E-state index contributed by atoms with van der Waals surface area (Å²) in [5.41, 5.74) is 3.81. The molecule has 0 saturated carbocycles. The predicted molar refractivity (Wildman–Crippen MR) is 88.8 cm³/mol. The lowest BCUT2D eigenvalue weighted by Gasteiger charge is -2.14. The fraction of sp³-hybridized carbons (Fsp3) is 0.368. The van der Waals surface area contributed by atoms with Crippen LogP contribution in [0.5, 0.6) is 5.75 Å². The van der Waals surface area contributed by atoms with Crippen molar-refractivity contribution in [3.63, 3.8) is 0 Å². The van der Waals surface area contributed by atoms with Gasteiger partial charge in [-0.15, -0.1) is 0 Å². The molecule has 2 heteroatoms. The average Bonchev–Trinajstić information content (AvgIpc) is 2.52. The number of rotatable bonds is 7. The van der Waals surface area contributed by atoms with Crippen molar-refractivity contribution in [2.75, 3.05) is 7.05 Å². The molecule has 0 amide bonds. The Kier molecular flexibility index (Phi) is 5.82. The lowest BCUT2D eigenvalue weighted by molar-refractivity contribution is 0.301.